The lowest BCUT2D eigenvalue weighted by Crippen LogP contribution is -2.01. The molecule has 3 nitrogen and oxygen atoms in total. The van der Waals surface area contributed by atoms with Crippen LogP contribution in [-0.2, 0) is 4.74 Å². The van der Waals surface area contributed by atoms with Crippen LogP contribution < -0.4 is 0 Å². The third-order valence-corrected chi connectivity index (χ3v) is 3.48. The molecule has 0 N–H and O–H groups in total. The number of benzene rings is 1. The molecule has 0 atom stereocenters. The highest BCUT2D eigenvalue weighted by atomic mass is 16.5. The average Bonchev–Trinajstić information content (AvgIpc) is 2.53. The molecule has 0 spiro atoms. The van der Waals surface area contributed by atoms with Crippen LogP contribution in [0.1, 0.15) is 68.6 Å². The third kappa shape index (κ3) is 7.07. The fraction of sp³-hybridized carbons (Fsp3) is 0.556. The van der Waals surface area contributed by atoms with Gasteiger partial charge in [0.05, 0.1) is 18.4 Å². The number of carbonyl (C=O) groups excluding carboxylic acids is 1. The van der Waals surface area contributed by atoms with Crippen LogP contribution in [0.4, 0.5) is 5.69 Å². The van der Waals surface area contributed by atoms with Crippen molar-refractivity contribution in [3.8, 4) is 0 Å². The zero-order valence-electron chi connectivity index (χ0n) is 13.3. The monoisotopic (exact) mass is 289 g/mol. The van der Waals surface area contributed by atoms with Gasteiger partial charge >= 0.3 is 5.97 Å². The second-order valence-corrected chi connectivity index (χ2v) is 5.23. The van der Waals surface area contributed by atoms with Crippen molar-refractivity contribution >= 4 is 17.9 Å². The fourth-order valence-electron chi connectivity index (χ4n) is 2.22. The summed E-state index contributed by atoms with van der Waals surface area (Å²) in [5.41, 5.74) is 1.21. The first-order valence-electron chi connectivity index (χ1n) is 7.99. The van der Waals surface area contributed by atoms with Crippen molar-refractivity contribution in [2.45, 2.75) is 58.3 Å². The Morgan fingerprint density at radius 1 is 1.10 bits per heavy atom. The van der Waals surface area contributed by atoms with Gasteiger partial charge < -0.3 is 4.74 Å². The molecule has 21 heavy (non-hydrogen) atoms. The van der Waals surface area contributed by atoms with E-state index in [0.29, 0.717) is 11.3 Å². The van der Waals surface area contributed by atoms with Gasteiger partial charge in [-0.05, 0) is 25.0 Å². The van der Waals surface area contributed by atoms with Crippen LogP contribution in [-0.4, -0.2) is 19.3 Å². The van der Waals surface area contributed by atoms with E-state index in [9.17, 15) is 4.79 Å². The van der Waals surface area contributed by atoms with E-state index in [1.54, 1.807) is 6.07 Å². The van der Waals surface area contributed by atoms with Gasteiger partial charge in [0, 0.05) is 6.21 Å². The Balaban J connectivity index is 2.29. The molecule has 0 bridgehead atoms. The Hall–Kier alpha value is -1.64. The highest BCUT2D eigenvalue weighted by Crippen LogP contribution is 2.19. The number of para-hydroxylation sites is 1. The minimum absolute atomic E-state index is 0.335. The minimum atomic E-state index is -0.335. The van der Waals surface area contributed by atoms with Crippen LogP contribution in [0.25, 0.3) is 0 Å². The van der Waals surface area contributed by atoms with E-state index in [2.05, 4.69) is 11.9 Å². The summed E-state index contributed by atoms with van der Waals surface area (Å²) in [5, 5.41) is 0. The van der Waals surface area contributed by atoms with E-state index in [4.69, 9.17) is 4.74 Å². The van der Waals surface area contributed by atoms with Crippen LogP contribution in [0.2, 0.25) is 0 Å². The molecule has 0 saturated heterocycles. The summed E-state index contributed by atoms with van der Waals surface area (Å²) in [5.74, 6) is -0.335. The first-order chi connectivity index (χ1) is 10.3. The Kier molecular flexibility index (Phi) is 9.18. The van der Waals surface area contributed by atoms with E-state index in [1.807, 2.05) is 24.4 Å². The average molecular weight is 289 g/mol. The van der Waals surface area contributed by atoms with Crippen molar-refractivity contribution in [3.05, 3.63) is 29.8 Å². The van der Waals surface area contributed by atoms with E-state index in [-0.39, 0.29) is 5.97 Å². The highest BCUT2D eigenvalue weighted by molar-refractivity contribution is 5.95. The fourth-order valence-corrected chi connectivity index (χ4v) is 2.22. The molecular weight excluding hydrogens is 262 g/mol. The SMILES string of the molecule is CCCCCCCCCC=Nc1ccccc1C(=O)OC. The maximum atomic E-state index is 11.6. The van der Waals surface area contributed by atoms with Crippen molar-refractivity contribution < 1.29 is 9.53 Å². The summed E-state index contributed by atoms with van der Waals surface area (Å²) in [7, 11) is 1.39. The van der Waals surface area contributed by atoms with E-state index >= 15 is 0 Å². The quantitative estimate of drug-likeness (QED) is 0.332. The largest absolute Gasteiger partial charge is 0.465 e. The summed E-state index contributed by atoms with van der Waals surface area (Å²) in [4.78, 5) is 16.0. The van der Waals surface area contributed by atoms with Gasteiger partial charge in [0.15, 0.2) is 0 Å². The Labute approximate surface area is 128 Å². The number of carbonyl (C=O) groups is 1. The molecule has 1 aromatic carbocycles. The number of hydrogen-bond acceptors (Lipinski definition) is 3. The van der Waals surface area contributed by atoms with Gasteiger partial charge in [-0.1, -0.05) is 57.6 Å². The van der Waals surface area contributed by atoms with Crippen molar-refractivity contribution in [1.82, 2.24) is 0 Å². The number of nitrogens with zero attached hydrogens (tertiary/aromatic N) is 1. The molecule has 1 rings (SSSR count). The van der Waals surface area contributed by atoms with Gasteiger partial charge in [-0.25, -0.2) is 4.79 Å². The maximum absolute atomic E-state index is 11.6. The summed E-state index contributed by atoms with van der Waals surface area (Å²) in [6, 6.07) is 7.29. The smallest absolute Gasteiger partial charge is 0.340 e. The molecular formula is C18H27NO2. The Morgan fingerprint density at radius 2 is 1.76 bits per heavy atom. The second kappa shape index (κ2) is 11.1. The second-order valence-electron chi connectivity index (χ2n) is 5.23. The number of unbranched alkanes of at least 4 members (excludes halogenated alkanes) is 7. The van der Waals surface area contributed by atoms with Crippen molar-refractivity contribution in [2.75, 3.05) is 7.11 Å². The molecule has 3 heteroatoms. The van der Waals surface area contributed by atoms with Gasteiger partial charge in [0.25, 0.3) is 0 Å². The third-order valence-electron chi connectivity index (χ3n) is 3.48. The first kappa shape index (κ1) is 17.4. The zero-order chi connectivity index (χ0) is 15.3. The maximum Gasteiger partial charge on any atom is 0.340 e. The first-order valence-corrected chi connectivity index (χ1v) is 7.99. The summed E-state index contributed by atoms with van der Waals surface area (Å²) in [6.45, 7) is 2.24. The van der Waals surface area contributed by atoms with E-state index in [0.717, 1.165) is 12.8 Å². The molecule has 0 aliphatic heterocycles. The van der Waals surface area contributed by atoms with Crippen molar-refractivity contribution in [2.24, 2.45) is 4.99 Å². The molecule has 0 heterocycles. The van der Waals surface area contributed by atoms with Crippen LogP contribution in [0.15, 0.2) is 29.3 Å². The number of aliphatic imine (C=N–C) groups is 1. The van der Waals surface area contributed by atoms with Gasteiger partial charge in [-0.2, -0.15) is 0 Å². The molecule has 0 aromatic heterocycles. The highest BCUT2D eigenvalue weighted by Gasteiger charge is 2.09. The van der Waals surface area contributed by atoms with Crippen LogP contribution >= 0.6 is 0 Å². The molecule has 0 amide bonds. The predicted molar refractivity (Wildman–Crippen MR) is 88.5 cm³/mol. The van der Waals surface area contributed by atoms with Gasteiger partial charge in [-0.15, -0.1) is 0 Å². The van der Waals surface area contributed by atoms with Crippen LogP contribution in [0, 0.1) is 0 Å². The molecule has 0 aliphatic rings. The summed E-state index contributed by atoms with van der Waals surface area (Å²) >= 11 is 0. The molecule has 1 aromatic rings. The summed E-state index contributed by atoms with van der Waals surface area (Å²) in [6.07, 6.45) is 12.0. The van der Waals surface area contributed by atoms with Gasteiger partial charge in [-0.3, -0.25) is 4.99 Å². The number of ether oxygens (including phenoxy) is 1. The number of esters is 1. The molecule has 0 unspecified atom stereocenters. The summed E-state index contributed by atoms with van der Waals surface area (Å²) < 4.78 is 4.76. The lowest BCUT2D eigenvalue weighted by molar-refractivity contribution is 0.0601. The normalized spacial score (nSPS) is 11.0. The van der Waals surface area contributed by atoms with Crippen LogP contribution in [0.5, 0.6) is 0 Å². The van der Waals surface area contributed by atoms with E-state index < -0.39 is 0 Å². The zero-order valence-corrected chi connectivity index (χ0v) is 13.3. The lowest BCUT2D eigenvalue weighted by Gasteiger charge is -2.02. The predicted octanol–water partition coefficient (Wildman–Crippen LogP) is 5.32. The van der Waals surface area contributed by atoms with Crippen LogP contribution in [0.3, 0.4) is 0 Å². The van der Waals surface area contributed by atoms with Gasteiger partial charge in [0.2, 0.25) is 0 Å². The van der Waals surface area contributed by atoms with Crippen molar-refractivity contribution in [3.63, 3.8) is 0 Å². The van der Waals surface area contributed by atoms with Crippen molar-refractivity contribution in [1.29, 1.82) is 0 Å². The standard InChI is InChI=1S/C18H27NO2/c1-3-4-5-6-7-8-9-12-15-19-17-14-11-10-13-16(17)18(20)21-2/h10-11,13-15H,3-9,12H2,1-2H3. The molecule has 116 valence electrons. The Morgan fingerprint density at radius 3 is 2.48 bits per heavy atom. The topological polar surface area (TPSA) is 38.7 Å². The number of rotatable bonds is 10. The Bertz CT molecular complexity index is 441. The molecule has 0 fully saturated rings. The number of hydrogen-bond donors (Lipinski definition) is 0. The van der Waals surface area contributed by atoms with E-state index in [1.165, 1.54) is 45.6 Å². The molecule has 0 radical (unpaired) electrons. The number of methoxy groups -OCH3 is 1. The molecule has 0 saturated carbocycles. The molecule has 0 aliphatic carbocycles. The van der Waals surface area contributed by atoms with Gasteiger partial charge in [0.1, 0.15) is 0 Å². The lowest BCUT2D eigenvalue weighted by atomic mass is 10.1. The minimum Gasteiger partial charge on any atom is -0.465 e.